The van der Waals surface area contributed by atoms with Crippen LogP contribution in [0, 0.1) is 0 Å². The Balaban J connectivity index is 1.64. The van der Waals surface area contributed by atoms with E-state index in [1.165, 1.54) is 0 Å². The van der Waals surface area contributed by atoms with Gasteiger partial charge >= 0.3 is 8.56 Å². The Kier molecular flexibility index (Phi) is 8.75. The molecular weight excluding hydrogens is 396 g/mol. The van der Waals surface area contributed by atoms with Crippen molar-refractivity contribution in [3.63, 3.8) is 0 Å². The second-order valence-corrected chi connectivity index (χ2v) is 21.5. The Labute approximate surface area is 168 Å². The summed E-state index contributed by atoms with van der Waals surface area (Å²) >= 11 is 0. The predicted octanol–water partition coefficient (Wildman–Crippen LogP) is 3.87. The highest BCUT2D eigenvalue weighted by Gasteiger charge is 2.39. The summed E-state index contributed by atoms with van der Waals surface area (Å²) in [4.78, 5) is 0. The summed E-state index contributed by atoms with van der Waals surface area (Å²) in [6, 6.07) is 2.02. The van der Waals surface area contributed by atoms with Crippen molar-refractivity contribution in [3.05, 3.63) is 12.3 Å². The third-order valence-electron chi connectivity index (χ3n) is 4.30. The lowest BCUT2D eigenvalue weighted by atomic mass is 10.5. The molecule has 2 fully saturated rings. The van der Waals surface area contributed by atoms with Crippen LogP contribution in [0.15, 0.2) is 12.3 Å². The zero-order valence-electron chi connectivity index (χ0n) is 17.9. The lowest BCUT2D eigenvalue weighted by Gasteiger charge is -2.38. The molecule has 6 nitrogen and oxygen atoms in total. The molecule has 0 radical (unpaired) electrons. The van der Waals surface area contributed by atoms with Crippen molar-refractivity contribution in [2.45, 2.75) is 70.0 Å². The average Bonchev–Trinajstić information content (AvgIpc) is 3.39. The Morgan fingerprint density at radius 3 is 2.11 bits per heavy atom. The van der Waals surface area contributed by atoms with Gasteiger partial charge in [-0.1, -0.05) is 6.08 Å². The van der Waals surface area contributed by atoms with E-state index in [-0.39, 0.29) is 0 Å². The van der Waals surface area contributed by atoms with Gasteiger partial charge in [-0.25, -0.2) is 0 Å². The molecule has 0 aromatic rings. The smallest absolute Gasteiger partial charge is 0.311 e. The summed E-state index contributed by atoms with van der Waals surface area (Å²) in [5.74, 6) is 0. The quantitative estimate of drug-likeness (QED) is 0.169. The van der Waals surface area contributed by atoms with Gasteiger partial charge in [0.25, 0.3) is 0 Å². The molecule has 2 aliphatic heterocycles. The topological polar surface area (TPSA) is 62.0 Å². The van der Waals surface area contributed by atoms with Crippen LogP contribution in [0.2, 0.25) is 51.4 Å². The lowest BCUT2D eigenvalue weighted by molar-refractivity contribution is 0.116. The standard InChI is InChI=1S/C18H38O6Si3/c1-25(2,11-7-9-19-13-17-15-21-17)23-27(5,6)24-26(3,4)12-8-10-20-14-18-16-22-18/h7,9,17-18H,8,10-16H2,1-6H3/b9-7+. The molecule has 0 aliphatic carbocycles. The first kappa shape index (κ1) is 23.3. The van der Waals surface area contributed by atoms with Gasteiger partial charge in [0, 0.05) is 6.61 Å². The maximum atomic E-state index is 6.61. The minimum absolute atomic E-state index is 0.301. The summed E-state index contributed by atoms with van der Waals surface area (Å²) in [5, 5.41) is 0. The van der Waals surface area contributed by atoms with Gasteiger partial charge in [0.05, 0.1) is 26.1 Å². The van der Waals surface area contributed by atoms with E-state index in [0.29, 0.717) is 18.8 Å². The van der Waals surface area contributed by atoms with Crippen LogP contribution >= 0.6 is 0 Å². The molecular formula is C18H38O6Si3. The van der Waals surface area contributed by atoms with Gasteiger partial charge in [0.1, 0.15) is 18.8 Å². The first-order valence-electron chi connectivity index (χ1n) is 10.0. The van der Waals surface area contributed by atoms with Crippen molar-refractivity contribution in [1.29, 1.82) is 0 Å². The van der Waals surface area contributed by atoms with E-state index in [1.54, 1.807) is 6.26 Å². The summed E-state index contributed by atoms with van der Waals surface area (Å²) in [7, 11) is -5.74. The number of hydrogen-bond acceptors (Lipinski definition) is 6. The average molecular weight is 435 g/mol. The fourth-order valence-electron chi connectivity index (χ4n) is 3.15. The molecule has 0 saturated carbocycles. The Morgan fingerprint density at radius 2 is 1.48 bits per heavy atom. The first-order chi connectivity index (χ1) is 12.6. The summed E-state index contributed by atoms with van der Waals surface area (Å²) in [6.45, 7) is 17.3. The third kappa shape index (κ3) is 11.5. The van der Waals surface area contributed by atoms with E-state index >= 15 is 0 Å². The van der Waals surface area contributed by atoms with Gasteiger partial charge in [-0.05, 0) is 57.8 Å². The summed E-state index contributed by atoms with van der Waals surface area (Å²) in [5.41, 5.74) is 0. The van der Waals surface area contributed by atoms with Gasteiger partial charge in [0.2, 0.25) is 0 Å². The van der Waals surface area contributed by atoms with Crippen LogP contribution in [0.3, 0.4) is 0 Å². The third-order valence-corrected chi connectivity index (χ3v) is 15.4. The summed E-state index contributed by atoms with van der Waals surface area (Å²) < 4.78 is 34.6. The van der Waals surface area contributed by atoms with Crippen LogP contribution in [0.1, 0.15) is 6.42 Å². The zero-order chi connectivity index (χ0) is 20.0. The highest BCUT2D eigenvalue weighted by molar-refractivity contribution is 6.87. The van der Waals surface area contributed by atoms with Crippen LogP contribution in [-0.2, 0) is 27.2 Å². The van der Waals surface area contributed by atoms with E-state index in [0.717, 1.165) is 44.9 Å². The summed E-state index contributed by atoms with van der Waals surface area (Å²) in [6.07, 6.45) is 5.57. The van der Waals surface area contributed by atoms with Gasteiger partial charge in [-0.3, -0.25) is 0 Å². The second-order valence-electron chi connectivity index (χ2n) is 9.12. The fraction of sp³-hybridized carbons (Fsp3) is 0.889. The van der Waals surface area contributed by atoms with Crippen LogP contribution in [-0.4, -0.2) is 70.4 Å². The molecule has 0 spiro atoms. The van der Waals surface area contributed by atoms with Crippen molar-refractivity contribution in [2.75, 3.05) is 33.0 Å². The van der Waals surface area contributed by atoms with Crippen molar-refractivity contribution in [2.24, 2.45) is 0 Å². The van der Waals surface area contributed by atoms with E-state index in [9.17, 15) is 0 Å². The Hall–Kier alpha value is -0.00935. The molecule has 2 aliphatic rings. The highest BCUT2D eigenvalue weighted by Crippen LogP contribution is 2.25. The second kappa shape index (κ2) is 10.1. The largest absolute Gasteiger partial charge is 0.499 e. The van der Waals surface area contributed by atoms with Gasteiger partial charge in [-0.15, -0.1) is 0 Å². The van der Waals surface area contributed by atoms with Crippen molar-refractivity contribution in [3.8, 4) is 0 Å². The van der Waals surface area contributed by atoms with Crippen molar-refractivity contribution >= 4 is 25.2 Å². The number of epoxide rings is 2. The molecule has 0 N–H and O–H groups in total. The van der Waals surface area contributed by atoms with E-state index in [1.807, 2.05) is 0 Å². The van der Waals surface area contributed by atoms with E-state index < -0.39 is 25.2 Å². The van der Waals surface area contributed by atoms with E-state index in [4.69, 9.17) is 27.2 Å². The number of ether oxygens (including phenoxy) is 4. The molecule has 2 unspecified atom stereocenters. The highest BCUT2D eigenvalue weighted by atomic mass is 28.5. The molecule has 2 saturated heterocycles. The van der Waals surface area contributed by atoms with Gasteiger partial charge in [-0.2, -0.15) is 0 Å². The van der Waals surface area contributed by atoms with Crippen LogP contribution in [0.5, 0.6) is 0 Å². The van der Waals surface area contributed by atoms with Crippen molar-refractivity contribution in [1.82, 2.24) is 0 Å². The molecule has 0 aromatic heterocycles. The van der Waals surface area contributed by atoms with E-state index in [2.05, 4.69) is 45.4 Å². The van der Waals surface area contributed by atoms with Crippen LogP contribution < -0.4 is 0 Å². The molecule has 0 bridgehead atoms. The normalized spacial score (nSPS) is 23.0. The molecule has 0 aromatic carbocycles. The van der Waals surface area contributed by atoms with Crippen LogP contribution in [0.25, 0.3) is 0 Å². The van der Waals surface area contributed by atoms with Crippen LogP contribution in [0.4, 0.5) is 0 Å². The number of hydrogen-bond donors (Lipinski definition) is 0. The lowest BCUT2D eigenvalue weighted by Crippen LogP contribution is -2.52. The predicted molar refractivity (Wildman–Crippen MR) is 114 cm³/mol. The number of allylic oxidation sites excluding steroid dienone is 1. The maximum Gasteiger partial charge on any atom is 0.311 e. The molecule has 2 rings (SSSR count). The maximum absolute atomic E-state index is 6.61. The van der Waals surface area contributed by atoms with Gasteiger partial charge in [0.15, 0.2) is 16.6 Å². The molecule has 2 heterocycles. The first-order valence-corrected chi connectivity index (χ1v) is 19.1. The van der Waals surface area contributed by atoms with Gasteiger partial charge < -0.3 is 27.2 Å². The molecule has 2 atom stereocenters. The Bertz CT molecular complexity index is 476. The molecule has 0 amide bonds. The zero-order valence-corrected chi connectivity index (χ0v) is 20.9. The SMILES string of the molecule is C[Si](C)(C/C=C/OCC1CO1)O[Si](C)(C)O[Si](C)(C)CCCOCC1CO1. The monoisotopic (exact) mass is 434 g/mol. The van der Waals surface area contributed by atoms with Crippen molar-refractivity contribution < 1.29 is 27.2 Å². The molecule has 27 heavy (non-hydrogen) atoms. The molecule has 9 heteroatoms. The number of rotatable bonds is 15. The molecule has 158 valence electrons. The fourth-order valence-corrected chi connectivity index (χ4v) is 16.7. The Morgan fingerprint density at radius 1 is 0.889 bits per heavy atom. The minimum Gasteiger partial charge on any atom is -0.499 e. The minimum atomic E-state index is -2.16.